The summed E-state index contributed by atoms with van der Waals surface area (Å²) in [4.78, 5) is 11.7. The van der Waals surface area contributed by atoms with Crippen LogP contribution >= 0.6 is 0 Å². The summed E-state index contributed by atoms with van der Waals surface area (Å²) >= 11 is 0. The number of hydrogen-bond donors (Lipinski definition) is 1. The van der Waals surface area contributed by atoms with Gasteiger partial charge in [-0.25, -0.2) is 0 Å². The molecule has 2 rings (SSSR count). The molecule has 0 amide bonds. The molecule has 0 bridgehead atoms. The molecule has 18 heavy (non-hydrogen) atoms. The van der Waals surface area contributed by atoms with Crippen LogP contribution in [0.1, 0.15) is 26.2 Å². The Morgan fingerprint density at radius 2 is 2.28 bits per heavy atom. The van der Waals surface area contributed by atoms with Crippen LogP contribution in [0.3, 0.4) is 0 Å². The summed E-state index contributed by atoms with van der Waals surface area (Å²) < 4.78 is 6.71. The lowest BCUT2D eigenvalue weighted by molar-refractivity contribution is 0.186. The van der Waals surface area contributed by atoms with E-state index in [2.05, 4.69) is 12.2 Å². The molecular weight excluding hydrogens is 228 g/mol. The zero-order chi connectivity index (χ0) is 13.0. The third kappa shape index (κ3) is 3.13. The van der Waals surface area contributed by atoms with Gasteiger partial charge in [0.25, 0.3) is 5.56 Å². The number of hydrogen-bond acceptors (Lipinski definition) is 3. The quantitative estimate of drug-likeness (QED) is 0.870. The number of anilines is 1. The van der Waals surface area contributed by atoms with Crippen molar-refractivity contribution >= 4 is 5.69 Å². The first-order chi connectivity index (χ1) is 8.70. The second kappa shape index (κ2) is 6.05. The number of ether oxygens (including phenoxy) is 1. The fraction of sp³-hybridized carbons (Fsp3) is 0.643. The Kier molecular flexibility index (Phi) is 4.42. The van der Waals surface area contributed by atoms with E-state index in [9.17, 15) is 4.79 Å². The predicted molar refractivity (Wildman–Crippen MR) is 73.0 cm³/mol. The van der Waals surface area contributed by atoms with Crippen molar-refractivity contribution in [3.05, 3.63) is 28.7 Å². The van der Waals surface area contributed by atoms with Gasteiger partial charge < -0.3 is 14.6 Å². The summed E-state index contributed by atoms with van der Waals surface area (Å²) in [5.41, 5.74) is 1.06. The zero-order valence-corrected chi connectivity index (χ0v) is 11.2. The number of aromatic nitrogens is 1. The highest BCUT2D eigenvalue weighted by Crippen LogP contribution is 2.27. The molecular formula is C14H22N2O2. The van der Waals surface area contributed by atoms with Crippen molar-refractivity contribution in [1.82, 2.24) is 4.57 Å². The van der Waals surface area contributed by atoms with Crippen molar-refractivity contribution < 1.29 is 4.74 Å². The highest BCUT2D eigenvalue weighted by molar-refractivity contribution is 5.41. The average Bonchev–Trinajstić information content (AvgIpc) is 2.76. The van der Waals surface area contributed by atoms with Gasteiger partial charge >= 0.3 is 0 Å². The molecule has 1 N–H and O–H groups in total. The highest BCUT2D eigenvalue weighted by Gasteiger charge is 2.22. The van der Waals surface area contributed by atoms with E-state index in [1.807, 2.05) is 12.3 Å². The van der Waals surface area contributed by atoms with Crippen LogP contribution in [-0.4, -0.2) is 24.3 Å². The number of nitrogens with zero attached hydrogens (tertiary/aromatic N) is 1. The second-order valence-electron chi connectivity index (χ2n) is 5.10. The van der Waals surface area contributed by atoms with E-state index in [-0.39, 0.29) is 5.56 Å². The molecule has 1 saturated carbocycles. The molecule has 1 aliphatic carbocycles. The Morgan fingerprint density at radius 3 is 2.94 bits per heavy atom. The standard InChI is InChI=1S/C14H22N2O2/c1-11-4-3-5-13(11)15-12-6-7-14(17)16(10-12)8-9-18-2/h6-7,10-11,13,15H,3-5,8-9H2,1-2H3. The average molecular weight is 250 g/mol. The van der Waals surface area contributed by atoms with Gasteiger partial charge in [-0.2, -0.15) is 0 Å². The largest absolute Gasteiger partial charge is 0.383 e. The van der Waals surface area contributed by atoms with Gasteiger partial charge in [0.2, 0.25) is 0 Å². The minimum atomic E-state index is 0.0251. The van der Waals surface area contributed by atoms with E-state index in [1.165, 1.54) is 19.3 Å². The number of pyridine rings is 1. The van der Waals surface area contributed by atoms with Crippen LogP contribution in [0.2, 0.25) is 0 Å². The zero-order valence-electron chi connectivity index (χ0n) is 11.2. The van der Waals surface area contributed by atoms with Crippen LogP contribution in [0.15, 0.2) is 23.1 Å². The Hall–Kier alpha value is -1.29. The number of rotatable bonds is 5. The third-order valence-electron chi connectivity index (χ3n) is 3.73. The van der Waals surface area contributed by atoms with Crippen LogP contribution in [0.5, 0.6) is 0 Å². The Balaban J connectivity index is 2.06. The van der Waals surface area contributed by atoms with E-state index in [4.69, 9.17) is 4.74 Å². The molecule has 0 saturated heterocycles. The molecule has 0 spiro atoms. The summed E-state index contributed by atoms with van der Waals surface area (Å²) in [6.07, 6.45) is 5.70. The monoisotopic (exact) mass is 250 g/mol. The summed E-state index contributed by atoms with van der Waals surface area (Å²) in [6, 6.07) is 4.03. The van der Waals surface area contributed by atoms with Crippen molar-refractivity contribution in [3.8, 4) is 0 Å². The van der Waals surface area contributed by atoms with E-state index < -0.39 is 0 Å². The lowest BCUT2D eigenvalue weighted by Gasteiger charge is -2.19. The van der Waals surface area contributed by atoms with Crippen molar-refractivity contribution in [2.45, 2.75) is 38.8 Å². The molecule has 100 valence electrons. The lowest BCUT2D eigenvalue weighted by Crippen LogP contribution is -2.25. The van der Waals surface area contributed by atoms with Crippen LogP contribution in [0, 0.1) is 5.92 Å². The normalized spacial score (nSPS) is 23.2. The van der Waals surface area contributed by atoms with Crippen LogP contribution in [-0.2, 0) is 11.3 Å². The van der Waals surface area contributed by atoms with Gasteiger partial charge in [-0.1, -0.05) is 13.3 Å². The SMILES string of the molecule is COCCn1cc(NC2CCCC2C)ccc1=O. The van der Waals surface area contributed by atoms with Crippen molar-refractivity contribution in [1.29, 1.82) is 0 Å². The smallest absolute Gasteiger partial charge is 0.250 e. The van der Waals surface area contributed by atoms with E-state index >= 15 is 0 Å². The summed E-state index contributed by atoms with van der Waals surface area (Å²) in [5, 5.41) is 3.53. The Morgan fingerprint density at radius 1 is 1.44 bits per heavy atom. The molecule has 0 aromatic carbocycles. The maximum Gasteiger partial charge on any atom is 0.250 e. The lowest BCUT2D eigenvalue weighted by atomic mass is 10.1. The molecule has 1 aromatic rings. The van der Waals surface area contributed by atoms with Crippen molar-refractivity contribution in [2.24, 2.45) is 5.92 Å². The topological polar surface area (TPSA) is 43.3 Å². The van der Waals surface area contributed by atoms with Gasteiger partial charge in [-0.05, 0) is 24.8 Å². The van der Waals surface area contributed by atoms with Crippen molar-refractivity contribution in [3.63, 3.8) is 0 Å². The van der Waals surface area contributed by atoms with E-state index in [1.54, 1.807) is 17.7 Å². The maximum absolute atomic E-state index is 11.7. The minimum Gasteiger partial charge on any atom is -0.383 e. The first-order valence-corrected chi connectivity index (χ1v) is 6.66. The summed E-state index contributed by atoms with van der Waals surface area (Å²) in [5.74, 6) is 0.712. The fourth-order valence-corrected chi connectivity index (χ4v) is 2.56. The van der Waals surface area contributed by atoms with Crippen molar-refractivity contribution in [2.75, 3.05) is 19.0 Å². The van der Waals surface area contributed by atoms with E-state index in [0.717, 1.165) is 5.69 Å². The van der Waals surface area contributed by atoms with Gasteiger partial charge in [0.05, 0.1) is 12.3 Å². The maximum atomic E-state index is 11.7. The van der Waals surface area contributed by atoms with Crippen LogP contribution < -0.4 is 10.9 Å². The number of methoxy groups -OCH3 is 1. The summed E-state index contributed by atoms with van der Waals surface area (Å²) in [6.45, 7) is 3.44. The first kappa shape index (κ1) is 13.1. The molecule has 4 nitrogen and oxygen atoms in total. The highest BCUT2D eigenvalue weighted by atomic mass is 16.5. The second-order valence-corrected chi connectivity index (χ2v) is 5.10. The first-order valence-electron chi connectivity index (χ1n) is 6.66. The molecule has 2 atom stereocenters. The van der Waals surface area contributed by atoms with Gasteiger partial charge in [-0.15, -0.1) is 0 Å². The van der Waals surface area contributed by atoms with Gasteiger partial charge in [0, 0.05) is 32.0 Å². The molecule has 2 unspecified atom stereocenters. The van der Waals surface area contributed by atoms with Gasteiger partial charge in [-0.3, -0.25) is 4.79 Å². The van der Waals surface area contributed by atoms with Crippen LogP contribution in [0.4, 0.5) is 5.69 Å². The minimum absolute atomic E-state index is 0.0251. The molecule has 4 heteroatoms. The summed E-state index contributed by atoms with van der Waals surface area (Å²) in [7, 11) is 1.65. The number of nitrogens with one attached hydrogen (secondary N) is 1. The molecule has 1 heterocycles. The molecule has 1 aromatic heterocycles. The molecule has 1 aliphatic rings. The van der Waals surface area contributed by atoms with Gasteiger partial charge in [0.15, 0.2) is 0 Å². The third-order valence-corrected chi connectivity index (χ3v) is 3.73. The fourth-order valence-electron chi connectivity index (χ4n) is 2.56. The Labute approximate surface area is 108 Å². The van der Waals surface area contributed by atoms with Crippen LogP contribution in [0.25, 0.3) is 0 Å². The van der Waals surface area contributed by atoms with E-state index in [0.29, 0.717) is 25.1 Å². The molecule has 0 aliphatic heterocycles. The Bertz CT molecular complexity index is 442. The molecule has 1 fully saturated rings. The predicted octanol–water partition coefficient (Wildman–Crippen LogP) is 2.10. The molecule has 0 radical (unpaired) electrons. The van der Waals surface area contributed by atoms with Gasteiger partial charge in [0.1, 0.15) is 0 Å².